The number of para-hydroxylation sites is 1. The second-order valence-corrected chi connectivity index (χ2v) is 5.58. The highest BCUT2D eigenvalue weighted by molar-refractivity contribution is 6.02. The number of carbonyl (C=O) groups is 1. The number of hydrogen-bond donors (Lipinski definition) is 1. The number of amides is 1. The first-order valence-corrected chi connectivity index (χ1v) is 8.23. The third kappa shape index (κ3) is 4.80. The van der Waals surface area contributed by atoms with Gasteiger partial charge in [-0.15, -0.1) is 0 Å². The Bertz CT molecular complexity index is 1020. The molecule has 0 atom stereocenters. The number of nitriles is 1. The Morgan fingerprint density at radius 2 is 1.81 bits per heavy atom. The second-order valence-electron chi connectivity index (χ2n) is 5.58. The number of anilines is 1. The number of ether oxygens (including phenoxy) is 1. The molecule has 1 amide bonds. The van der Waals surface area contributed by atoms with Gasteiger partial charge in [0.05, 0.1) is 18.2 Å². The molecule has 0 aliphatic rings. The van der Waals surface area contributed by atoms with E-state index in [2.05, 4.69) is 10.4 Å². The predicted molar refractivity (Wildman–Crippen MR) is 99.5 cm³/mol. The number of carbonyl (C=O) groups excluding carboxylic acids is 1. The minimum Gasteiger partial charge on any atom is -0.492 e. The van der Waals surface area contributed by atoms with Crippen LogP contribution in [0.25, 0.3) is 0 Å². The van der Waals surface area contributed by atoms with Crippen molar-refractivity contribution < 1.29 is 9.53 Å². The van der Waals surface area contributed by atoms with Crippen LogP contribution in [0.5, 0.6) is 5.75 Å². The number of nitrogens with one attached hydrogen (secondary N) is 1. The fourth-order valence-electron chi connectivity index (χ4n) is 2.32. The van der Waals surface area contributed by atoms with E-state index in [1.807, 2.05) is 36.4 Å². The summed E-state index contributed by atoms with van der Waals surface area (Å²) in [6, 6.07) is 20.4. The van der Waals surface area contributed by atoms with Crippen molar-refractivity contribution in [3.8, 4) is 11.8 Å². The van der Waals surface area contributed by atoms with Gasteiger partial charge >= 0.3 is 0 Å². The largest absolute Gasteiger partial charge is 0.492 e. The van der Waals surface area contributed by atoms with Crippen LogP contribution in [0.1, 0.15) is 16.1 Å². The molecule has 0 radical (unpaired) electrons. The number of rotatable bonds is 6. The van der Waals surface area contributed by atoms with Crippen molar-refractivity contribution in [3.05, 3.63) is 88.3 Å². The molecule has 0 saturated heterocycles. The molecular formula is C20H16N4O3. The fourth-order valence-corrected chi connectivity index (χ4v) is 2.32. The van der Waals surface area contributed by atoms with Crippen LogP contribution in [0, 0.1) is 11.3 Å². The molecule has 7 heteroatoms. The first-order valence-electron chi connectivity index (χ1n) is 8.23. The summed E-state index contributed by atoms with van der Waals surface area (Å²) in [6.07, 6.45) is 0. The molecule has 2 aromatic carbocycles. The molecule has 0 saturated carbocycles. The van der Waals surface area contributed by atoms with E-state index in [4.69, 9.17) is 10.00 Å². The van der Waals surface area contributed by atoms with E-state index in [1.54, 1.807) is 24.3 Å². The highest BCUT2D eigenvalue weighted by Gasteiger charge is 2.10. The molecule has 0 fully saturated rings. The van der Waals surface area contributed by atoms with Crippen LogP contribution in [0.15, 0.2) is 71.5 Å². The summed E-state index contributed by atoms with van der Waals surface area (Å²) in [5.74, 6) is 0.248. The molecule has 3 aromatic rings. The predicted octanol–water partition coefficient (Wildman–Crippen LogP) is 2.45. The molecule has 27 heavy (non-hydrogen) atoms. The lowest BCUT2D eigenvalue weighted by Crippen LogP contribution is -2.28. The Kier molecular flexibility index (Phi) is 5.60. The standard InChI is InChI=1S/C20H16N4O3/c21-14-15-6-8-16(9-7-15)22-20(26)18-10-11-19(25)24(23-18)12-13-27-17-4-2-1-3-5-17/h1-11H,12-13H2,(H,22,26). The van der Waals surface area contributed by atoms with Crippen LogP contribution in [0.4, 0.5) is 5.69 Å². The van der Waals surface area contributed by atoms with Crippen LogP contribution >= 0.6 is 0 Å². The van der Waals surface area contributed by atoms with Crippen molar-refractivity contribution in [2.45, 2.75) is 6.54 Å². The molecule has 0 bridgehead atoms. The lowest BCUT2D eigenvalue weighted by atomic mass is 10.2. The summed E-state index contributed by atoms with van der Waals surface area (Å²) >= 11 is 0. The zero-order valence-corrected chi connectivity index (χ0v) is 14.3. The Balaban J connectivity index is 1.65. The zero-order chi connectivity index (χ0) is 19.1. The van der Waals surface area contributed by atoms with Gasteiger partial charge in [0.1, 0.15) is 18.1 Å². The third-order valence-electron chi connectivity index (χ3n) is 3.69. The summed E-state index contributed by atoms with van der Waals surface area (Å²) in [4.78, 5) is 24.3. The minimum atomic E-state index is -0.447. The van der Waals surface area contributed by atoms with Crippen LogP contribution in [0.3, 0.4) is 0 Å². The first-order chi connectivity index (χ1) is 13.2. The Hall–Kier alpha value is -3.92. The summed E-state index contributed by atoms with van der Waals surface area (Å²) in [5.41, 5.74) is 0.823. The maximum atomic E-state index is 12.3. The molecular weight excluding hydrogens is 344 g/mol. The number of benzene rings is 2. The number of nitrogens with zero attached hydrogens (tertiary/aromatic N) is 3. The molecule has 0 aliphatic heterocycles. The van der Waals surface area contributed by atoms with Crippen LogP contribution in [-0.2, 0) is 6.54 Å². The Morgan fingerprint density at radius 3 is 2.52 bits per heavy atom. The summed E-state index contributed by atoms with van der Waals surface area (Å²) in [7, 11) is 0. The topological polar surface area (TPSA) is 97.0 Å². The van der Waals surface area contributed by atoms with E-state index in [0.717, 1.165) is 0 Å². The molecule has 1 aromatic heterocycles. The van der Waals surface area contributed by atoms with Crippen molar-refractivity contribution in [2.24, 2.45) is 0 Å². The quantitative estimate of drug-likeness (QED) is 0.728. The van der Waals surface area contributed by atoms with Gasteiger partial charge in [0.25, 0.3) is 11.5 Å². The average Bonchev–Trinajstić information content (AvgIpc) is 2.70. The van der Waals surface area contributed by atoms with E-state index >= 15 is 0 Å². The van der Waals surface area contributed by atoms with Gasteiger partial charge in [-0.2, -0.15) is 10.4 Å². The fraction of sp³-hybridized carbons (Fsp3) is 0.100. The summed E-state index contributed by atoms with van der Waals surface area (Å²) < 4.78 is 6.75. The molecule has 0 unspecified atom stereocenters. The van der Waals surface area contributed by atoms with Crippen LogP contribution in [0.2, 0.25) is 0 Å². The maximum absolute atomic E-state index is 12.3. The third-order valence-corrected chi connectivity index (χ3v) is 3.69. The molecule has 7 nitrogen and oxygen atoms in total. The normalized spacial score (nSPS) is 10.0. The molecule has 134 valence electrons. The molecule has 0 aliphatic carbocycles. The van der Waals surface area contributed by atoms with Gasteiger partial charge in [0, 0.05) is 11.8 Å². The molecule has 0 spiro atoms. The van der Waals surface area contributed by atoms with Crippen molar-refractivity contribution in [1.29, 1.82) is 5.26 Å². The minimum absolute atomic E-state index is 0.110. The average molecular weight is 360 g/mol. The van der Waals surface area contributed by atoms with Gasteiger partial charge in [-0.1, -0.05) is 18.2 Å². The van der Waals surface area contributed by atoms with Crippen molar-refractivity contribution in [3.63, 3.8) is 0 Å². The summed E-state index contributed by atoms with van der Waals surface area (Å²) in [5, 5.41) is 15.6. The summed E-state index contributed by atoms with van der Waals surface area (Å²) in [6.45, 7) is 0.462. The van der Waals surface area contributed by atoms with Gasteiger partial charge in [-0.05, 0) is 42.5 Å². The second kappa shape index (κ2) is 8.45. The Morgan fingerprint density at radius 1 is 1.07 bits per heavy atom. The van der Waals surface area contributed by atoms with Gasteiger partial charge < -0.3 is 10.1 Å². The van der Waals surface area contributed by atoms with Crippen molar-refractivity contribution >= 4 is 11.6 Å². The SMILES string of the molecule is N#Cc1ccc(NC(=O)c2ccc(=O)n(CCOc3ccccc3)n2)cc1. The van der Waals surface area contributed by atoms with Gasteiger partial charge in [-0.3, -0.25) is 9.59 Å². The van der Waals surface area contributed by atoms with Gasteiger partial charge in [0.15, 0.2) is 0 Å². The van der Waals surface area contributed by atoms with Crippen molar-refractivity contribution in [2.75, 3.05) is 11.9 Å². The highest BCUT2D eigenvalue weighted by Crippen LogP contribution is 2.10. The smallest absolute Gasteiger partial charge is 0.276 e. The Labute approximate surface area is 155 Å². The van der Waals surface area contributed by atoms with Crippen LogP contribution < -0.4 is 15.6 Å². The van der Waals surface area contributed by atoms with E-state index < -0.39 is 5.91 Å². The lowest BCUT2D eigenvalue weighted by Gasteiger charge is -2.09. The maximum Gasteiger partial charge on any atom is 0.276 e. The van der Waals surface area contributed by atoms with E-state index in [-0.39, 0.29) is 24.4 Å². The number of aromatic nitrogens is 2. The van der Waals surface area contributed by atoms with Crippen molar-refractivity contribution in [1.82, 2.24) is 9.78 Å². The van der Waals surface area contributed by atoms with E-state index in [1.165, 1.54) is 16.8 Å². The van der Waals surface area contributed by atoms with Gasteiger partial charge in [0.2, 0.25) is 0 Å². The first kappa shape index (κ1) is 17.9. The van der Waals surface area contributed by atoms with Crippen LogP contribution in [-0.4, -0.2) is 22.3 Å². The monoisotopic (exact) mass is 360 g/mol. The van der Waals surface area contributed by atoms with E-state index in [0.29, 0.717) is 17.0 Å². The molecule has 3 rings (SSSR count). The lowest BCUT2D eigenvalue weighted by molar-refractivity contribution is 0.101. The van der Waals surface area contributed by atoms with E-state index in [9.17, 15) is 9.59 Å². The highest BCUT2D eigenvalue weighted by atomic mass is 16.5. The molecule has 1 N–H and O–H groups in total. The number of hydrogen-bond acceptors (Lipinski definition) is 5. The molecule has 1 heterocycles. The van der Waals surface area contributed by atoms with Gasteiger partial charge in [-0.25, -0.2) is 4.68 Å². The zero-order valence-electron chi connectivity index (χ0n) is 14.3.